The van der Waals surface area contributed by atoms with Crippen molar-refractivity contribution in [1.82, 2.24) is 9.88 Å². The number of anilines is 2. The predicted octanol–water partition coefficient (Wildman–Crippen LogP) is 2.33. The average molecular weight is 536 g/mol. The van der Waals surface area contributed by atoms with E-state index in [-0.39, 0.29) is 35.2 Å². The van der Waals surface area contributed by atoms with Crippen LogP contribution in [0.3, 0.4) is 0 Å². The van der Waals surface area contributed by atoms with Crippen molar-refractivity contribution in [1.29, 1.82) is 5.26 Å². The first-order valence-corrected chi connectivity index (χ1v) is 12.7. The molecule has 11 heteroatoms. The maximum atomic E-state index is 12.8. The van der Waals surface area contributed by atoms with Gasteiger partial charge in [-0.05, 0) is 55.7 Å². The lowest BCUT2D eigenvalue weighted by Gasteiger charge is -2.08. The molecular weight excluding hydrogens is 506 g/mol. The van der Waals surface area contributed by atoms with Crippen LogP contribution in [-0.2, 0) is 27.2 Å². The number of ether oxygens (including phenoxy) is 2. The first-order chi connectivity index (χ1) is 18.4. The van der Waals surface area contributed by atoms with Gasteiger partial charge in [0.15, 0.2) is 5.57 Å². The van der Waals surface area contributed by atoms with E-state index in [0.29, 0.717) is 23.2 Å². The third-order valence-electron chi connectivity index (χ3n) is 5.35. The maximum Gasteiger partial charge on any atom is 0.351 e. The lowest BCUT2D eigenvalue weighted by molar-refractivity contribution is -0.136. The van der Waals surface area contributed by atoms with Gasteiger partial charge >= 0.3 is 12.0 Å². The number of urea groups is 1. The van der Waals surface area contributed by atoms with Crippen LogP contribution in [0.4, 0.5) is 16.2 Å². The Morgan fingerprint density at radius 2 is 1.68 bits per heavy atom. The Kier molecular flexibility index (Phi) is 10.2. The minimum Gasteiger partial charge on any atom is -0.462 e. The summed E-state index contributed by atoms with van der Waals surface area (Å²) < 4.78 is 11.8. The Morgan fingerprint density at radius 1 is 1.05 bits per heavy atom. The third kappa shape index (κ3) is 7.32. The Balaban J connectivity index is 1.71. The second-order valence-corrected chi connectivity index (χ2v) is 8.98. The summed E-state index contributed by atoms with van der Waals surface area (Å²) >= 11 is 1.07. The standard InChI is InChI=1S/C27H29N5O5S/c1-4-32-24(33)23(38-25(32)22(15-28)26(34)37-5-2)16-29-20-10-6-18(7-11-20)14-19-8-12-21(13-9-19)31-27(35)30-17-36-3/h6-13,16,29H,4-5,14,17H2,1-3H3,(H2,30,31,35). The number of benzene rings is 2. The molecule has 0 aliphatic heterocycles. The van der Waals surface area contributed by atoms with Crippen molar-refractivity contribution in [2.75, 3.05) is 31.1 Å². The molecular formula is C27H29N5O5S. The number of rotatable bonds is 10. The number of amides is 2. The predicted molar refractivity (Wildman–Crippen MR) is 147 cm³/mol. The third-order valence-corrected chi connectivity index (χ3v) is 6.48. The van der Waals surface area contributed by atoms with Crippen molar-refractivity contribution in [2.45, 2.75) is 26.8 Å². The zero-order chi connectivity index (χ0) is 27.5. The van der Waals surface area contributed by atoms with Crippen molar-refractivity contribution in [2.24, 2.45) is 0 Å². The van der Waals surface area contributed by atoms with Gasteiger partial charge in [-0.25, -0.2) is 9.59 Å². The summed E-state index contributed by atoms with van der Waals surface area (Å²) in [6, 6.07) is 16.9. The fraction of sp³-hybridized carbons (Fsp3) is 0.259. The van der Waals surface area contributed by atoms with E-state index in [0.717, 1.165) is 28.2 Å². The first kappa shape index (κ1) is 28.2. The number of methoxy groups -OCH3 is 1. The number of nitriles is 1. The summed E-state index contributed by atoms with van der Waals surface area (Å²) in [6.07, 6.45) is 2.28. The van der Waals surface area contributed by atoms with E-state index in [2.05, 4.69) is 16.0 Å². The topological polar surface area (TPSA) is 134 Å². The molecule has 2 amide bonds. The van der Waals surface area contributed by atoms with Gasteiger partial charge in [-0.2, -0.15) is 5.26 Å². The molecule has 0 spiro atoms. The molecule has 1 heterocycles. The van der Waals surface area contributed by atoms with Gasteiger partial charge < -0.3 is 25.4 Å². The van der Waals surface area contributed by atoms with Crippen LogP contribution in [0.15, 0.2) is 53.3 Å². The Labute approximate surface area is 223 Å². The highest BCUT2D eigenvalue weighted by atomic mass is 32.1. The molecule has 0 saturated heterocycles. The van der Waals surface area contributed by atoms with Gasteiger partial charge in [0.2, 0.25) is 0 Å². The van der Waals surface area contributed by atoms with Crippen molar-refractivity contribution in [3.63, 3.8) is 0 Å². The van der Waals surface area contributed by atoms with E-state index in [9.17, 15) is 19.6 Å². The van der Waals surface area contributed by atoms with E-state index in [1.807, 2.05) is 54.6 Å². The summed E-state index contributed by atoms with van der Waals surface area (Å²) in [4.78, 5) is 36.7. The molecule has 10 nitrogen and oxygen atoms in total. The fourth-order valence-electron chi connectivity index (χ4n) is 3.50. The molecule has 2 aromatic carbocycles. The summed E-state index contributed by atoms with van der Waals surface area (Å²) in [6.45, 7) is 4.02. The molecule has 0 bridgehead atoms. The van der Waals surface area contributed by atoms with Crippen LogP contribution in [0.2, 0.25) is 0 Å². The molecule has 198 valence electrons. The average Bonchev–Trinajstić information content (AvgIpc) is 3.23. The SMILES string of the molecule is CCOC(=O)C(C#N)=c1sc(=CNc2ccc(Cc3ccc(NC(=O)NCOC)cc3)cc2)c(=O)n1CC. The number of thiazole rings is 1. The zero-order valence-corrected chi connectivity index (χ0v) is 22.2. The molecule has 0 aliphatic rings. The number of nitrogens with one attached hydrogen (secondary N) is 3. The van der Waals surface area contributed by atoms with Gasteiger partial charge in [-0.1, -0.05) is 24.3 Å². The van der Waals surface area contributed by atoms with E-state index in [1.54, 1.807) is 20.0 Å². The highest BCUT2D eigenvalue weighted by molar-refractivity contribution is 7.07. The van der Waals surface area contributed by atoms with Crippen LogP contribution >= 0.6 is 11.3 Å². The van der Waals surface area contributed by atoms with Gasteiger partial charge in [-0.15, -0.1) is 11.3 Å². The maximum absolute atomic E-state index is 12.8. The largest absolute Gasteiger partial charge is 0.462 e. The molecule has 1 aromatic heterocycles. The second kappa shape index (κ2) is 13.8. The normalized spacial score (nSPS) is 11.9. The second-order valence-electron chi connectivity index (χ2n) is 7.95. The molecule has 0 unspecified atom stereocenters. The number of esters is 1. The van der Waals surface area contributed by atoms with Gasteiger partial charge in [0.25, 0.3) is 5.56 Å². The Bertz CT molecular complexity index is 1490. The van der Waals surface area contributed by atoms with Crippen molar-refractivity contribution < 1.29 is 19.1 Å². The zero-order valence-electron chi connectivity index (χ0n) is 21.4. The molecule has 3 aromatic rings. The minimum absolute atomic E-state index is 0.133. The molecule has 0 radical (unpaired) electrons. The van der Waals surface area contributed by atoms with Gasteiger partial charge in [0, 0.05) is 31.2 Å². The smallest absolute Gasteiger partial charge is 0.351 e. The molecule has 0 saturated carbocycles. The van der Waals surface area contributed by atoms with Crippen molar-refractivity contribution in [3.05, 3.63) is 79.2 Å². The van der Waals surface area contributed by atoms with Crippen LogP contribution < -0.4 is 30.7 Å². The number of carbonyl (C=O) groups excluding carboxylic acids is 2. The molecule has 0 fully saturated rings. The van der Waals surface area contributed by atoms with E-state index >= 15 is 0 Å². The summed E-state index contributed by atoms with van der Waals surface area (Å²) in [5.74, 6) is -0.743. The molecule has 3 N–H and O–H groups in total. The number of hydrogen-bond acceptors (Lipinski definition) is 8. The lowest BCUT2D eigenvalue weighted by Crippen LogP contribution is -2.32. The molecule has 3 rings (SSSR count). The van der Waals surface area contributed by atoms with E-state index in [1.165, 1.54) is 11.7 Å². The highest BCUT2D eigenvalue weighted by Crippen LogP contribution is 2.16. The highest BCUT2D eigenvalue weighted by Gasteiger charge is 2.16. The summed E-state index contributed by atoms with van der Waals surface area (Å²) in [5.41, 5.74) is 3.16. The van der Waals surface area contributed by atoms with Crippen molar-refractivity contribution in [3.8, 4) is 6.07 Å². The van der Waals surface area contributed by atoms with Gasteiger partial charge in [-0.3, -0.25) is 9.36 Å². The van der Waals surface area contributed by atoms with Crippen molar-refractivity contribution >= 4 is 46.5 Å². The number of hydrogen-bond donors (Lipinski definition) is 3. The quantitative estimate of drug-likeness (QED) is 0.268. The van der Waals surface area contributed by atoms with E-state index in [4.69, 9.17) is 9.47 Å². The van der Waals surface area contributed by atoms with Gasteiger partial charge in [0.05, 0.1) is 6.61 Å². The number of aromatic nitrogens is 1. The van der Waals surface area contributed by atoms with Crippen LogP contribution in [0, 0.1) is 11.3 Å². The van der Waals surface area contributed by atoms with Crippen LogP contribution in [-0.4, -0.2) is 37.0 Å². The van der Waals surface area contributed by atoms with Crippen LogP contribution in [0.1, 0.15) is 25.0 Å². The Morgan fingerprint density at radius 3 is 2.24 bits per heavy atom. The fourth-order valence-corrected chi connectivity index (χ4v) is 4.58. The Hall–Kier alpha value is -4.40. The summed E-state index contributed by atoms with van der Waals surface area (Å²) in [7, 11) is 1.50. The summed E-state index contributed by atoms with van der Waals surface area (Å²) in [5, 5.41) is 17.9. The number of nitrogens with zero attached hydrogens (tertiary/aromatic N) is 2. The van der Waals surface area contributed by atoms with Crippen LogP contribution in [0.5, 0.6) is 0 Å². The lowest BCUT2D eigenvalue weighted by atomic mass is 10.0. The van der Waals surface area contributed by atoms with Crippen LogP contribution in [0.25, 0.3) is 11.8 Å². The van der Waals surface area contributed by atoms with Gasteiger partial charge in [0.1, 0.15) is 22.0 Å². The van der Waals surface area contributed by atoms with E-state index < -0.39 is 5.97 Å². The molecule has 0 atom stereocenters. The monoisotopic (exact) mass is 535 g/mol. The molecule has 0 aliphatic carbocycles. The first-order valence-electron chi connectivity index (χ1n) is 11.9. The minimum atomic E-state index is -0.743. The molecule has 38 heavy (non-hydrogen) atoms. The number of carbonyl (C=O) groups is 2.